The van der Waals surface area contributed by atoms with Crippen molar-refractivity contribution in [2.24, 2.45) is 11.8 Å². The van der Waals surface area contributed by atoms with Crippen LogP contribution in [0.2, 0.25) is 0 Å². The van der Waals surface area contributed by atoms with E-state index < -0.39 is 24.3 Å². The lowest BCUT2D eigenvalue weighted by molar-refractivity contribution is 0.0702. The summed E-state index contributed by atoms with van der Waals surface area (Å²) in [6.45, 7) is 1.71. The molecule has 1 aromatic heterocycles. The minimum absolute atomic E-state index is 0.111. The van der Waals surface area contributed by atoms with Gasteiger partial charge in [-0.25, -0.2) is 9.18 Å². The van der Waals surface area contributed by atoms with Gasteiger partial charge < -0.3 is 20.4 Å². The lowest BCUT2D eigenvalue weighted by Crippen LogP contribution is -2.20. The summed E-state index contributed by atoms with van der Waals surface area (Å²) in [6.07, 6.45) is 4.48. The standard InChI is InChI=1S/C21H31FO5S/c1-13(23)4-2-5-14(24)8-10-17-16(18(22)12-19(17)25)7-3-6-15-9-11-20(28-15)21(26)27/h8-11,13-14,16-19,23-25H,2-7,12H2,1H3,(H,26,27)/t13-,14+,16-,17-,18-,19-/m1/s1. The van der Waals surface area contributed by atoms with E-state index in [9.17, 15) is 24.5 Å². The maximum atomic E-state index is 14.4. The summed E-state index contributed by atoms with van der Waals surface area (Å²) in [4.78, 5) is 12.2. The van der Waals surface area contributed by atoms with Gasteiger partial charge in [0.2, 0.25) is 0 Å². The number of hydrogen-bond acceptors (Lipinski definition) is 5. The molecular weight excluding hydrogens is 383 g/mol. The van der Waals surface area contributed by atoms with Crippen LogP contribution < -0.4 is 0 Å². The molecule has 0 unspecified atom stereocenters. The molecule has 1 aromatic rings. The molecule has 0 aromatic carbocycles. The largest absolute Gasteiger partial charge is 0.477 e. The predicted octanol–water partition coefficient (Wildman–Crippen LogP) is 3.57. The van der Waals surface area contributed by atoms with Crippen LogP contribution in [0.15, 0.2) is 24.3 Å². The minimum atomic E-state index is -1.07. The van der Waals surface area contributed by atoms with E-state index in [0.717, 1.165) is 11.3 Å². The molecule has 0 radical (unpaired) electrons. The normalized spacial score (nSPS) is 27.3. The molecule has 7 heteroatoms. The first-order chi connectivity index (χ1) is 13.3. The number of carbonyl (C=O) groups is 1. The molecule has 0 spiro atoms. The first kappa shape index (κ1) is 23.0. The van der Waals surface area contributed by atoms with Crippen molar-refractivity contribution in [2.45, 2.75) is 76.4 Å². The van der Waals surface area contributed by atoms with Gasteiger partial charge in [0.25, 0.3) is 0 Å². The van der Waals surface area contributed by atoms with Crippen molar-refractivity contribution in [3.63, 3.8) is 0 Å². The Kier molecular flexibility index (Phi) is 9.08. The van der Waals surface area contributed by atoms with E-state index in [1.807, 2.05) is 0 Å². The van der Waals surface area contributed by atoms with Gasteiger partial charge in [0.05, 0.1) is 18.3 Å². The molecule has 5 nitrogen and oxygen atoms in total. The first-order valence-electron chi connectivity index (χ1n) is 9.96. The molecule has 158 valence electrons. The van der Waals surface area contributed by atoms with E-state index in [4.69, 9.17) is 5.11 Å². The average Bonchev–Trinajstić information content (AvgIpc) is 3.18. The molecule has 0 amide bonds. The Balaban J connectivity index is 1.84. The van der Waals surface area contributed by atoms with Crippen LogP contribution in [0.4, 0.5) is 4.39 Å². The van der Waals surface area contributed by atoms with Crippen LogP contribution >= 0.6 is 11.3 Å². The average molecular weight is 415 g/mol. The third-order valence-corrected chi connectivity index (χ3v) is 6.51. The first-order valence-corrected chi connectivity index (χ1v) is 10.8. The molecule has 1 aliphatic rings. The summed E-state index contributed by atoms with van der Waals surface area (Å²) < 4.78 is 14.4. The second-order valence-corrected chi connectivity index (χ2v) is 8.92. The summed E-state index contributed by atoms with van der Waals surface area (Å²) >= 11 is 1.24. The highest BCUT2D eigenvalue weighted by atomic mass is 32.1. The Morgan fingerprint density at radius 2 is 2.07 bits per heavy atom. The van der Waals surface area contributed by atoms with Crippen LogP contribution in [-0.2, 0) is 6.42 Å². The van der Waals surface area contributed by atoms with E-state index in [1.165, 1.54) is 11.3 Å². The molecule has 0 bridgehead atoms. The van der Waals surface area contributed by atoms with Crippen LogP contribution in [0.1, 0.15) is 60.0 Å². The molecule has 6 atom stereocenters. The zero-order valence-electron chi connectivity index (χ0n) is 16.2. The summed E-state index contributed by atoms with van der Waals surface area (Å²) in [7, 11) is 0. The lowest BCUT2D eigenvalue weighted by Gasteiger charge is -2.20. The smallest absolute Gasteiger partial charge is 0.345 e. The number of hydrogen-bond donors (Lipinski definition) is 4. The van der Waals surface area contributed by atoms with Gasteiger partial charge in [-0.3, -0.25) is 0 Å². The number of halogens is 1. The van der Waals surface area contributed by atoms with E-state index in [1.54, 1.807) is 31.2 Å². The highest BCUT2D eigenvalue weighted by Crippen LogP contribution is 2.39. The van der Waals surface area contributed by atoms with Gasteiger partial charge in [0.1, 0.15) is 11.0 Å². The Hall–Kier alpha value is -1.28. The molecule has 0 aliphatic heterocycles. The molecule has 4 N–H and O–H groups in total. The summed E-state index contributed by atoms with van der Waals surface area (Å²) in [5.41, 5.74) is 0. The topological polar surface area (TPSA) is 98.0 Å². The maximum Gasteiger partial charge on any atom is 0.345 e. The number of alkyl halides is 1. The van der Waals surface area contributed by atoms with Crippen LogP contribution in [0.25, 0.3) is 0 Å². The van der Waals surface area contributed by atoms with Gasteiger partial charge in [0, 0.05) is 17.2 Å². The number of aromatic carboxylic acids is 1. The minimum Gasteiger partial charge on any atom is -0.477 e. The maximum absolute atomic E-state index is 14.4. The van der Waals surface area contributed by atoms with Crippen molar-refractivity contribution in [1.29, 1.82) is 0 Å². The summed E-state index contributed by atoms with van der Waals surface area (Å²) in [5, 5.41) is 38.5. The second kappa shape index (κ2) is 11.0. The Bertz CT molecular complexity index is 644. The molecule has 1 fully saturated rings. The van der Waals surface area contributed by atoms with E-state index in [0.29, 0.717) is 37.0 Å². The van der Waals surface area contributed by atoms with Crippen LogP contribution in [-0.4, -0.2) is 50.9 Å². The van der Waals surface area contributed by atoms with Crippen LogP contribution in [0.3, 0.4) is 0 Å². The zero-order chi connectivity index (χ0) is 20.7. The van der Waals surface area contributed by atoms with Gasteiger partial charge in [-0.15, -0.1) is 11.3 Å². The molecule has 1 saturated carbocycles. The highest BCUT2D eigenvalue weighted by Gasteiger charge is 2.40. The SMILES string of the molecule is C[C@@H](O)CCC[C@H](O)C=C[C@@H]1[C@@H](CCCc2ccc(C(=O)O)s2)[C@H](F)C[C@H]1O. The van der Waals surface area contributed by atoms with Crippen LogP contribution in [0, 0.1) is 11.8 Å². The van der Waals surface area contributed by atoms with Crippen molar-refractivity contribution in [1.82, 2.24) is 0 Å². The van der Waals surface area contributed by atoms with E-state index >= 15 is 0 Å². The fraction of sp³-hybridized carbons (Fsp3) is 0.667. The van der Waals surface area contributed by atoms with Gasteiger partial charge in [0.15, 0.2) is 0 Å². The van der Waals surface area contributed by atoms with Gasteiger partial charge in [-0.2, -0.15) is 0 Å². The van der Waals surface area contributed by atoms with Crippen molar-refractivity contribution in [3.05, 3.63) is 34.0 Å². The van der Waals surface area contributed by atoms with E-state index in [2.05, 4.69) is 0 Å². The van der Waals surface area contributed by atoms with Crippen molar-refractivity contribution in [3.8, 4) is 0 Å². The lowest BCUT2D eigenvalue weighted by atomic mass is 9.88. The quantitative estimate of drug-likeness (QED) is 0.415. The summed E-state index contributed by atoms with van der Waals surface area (Å²) in [6, 6.07) is 3.38. The number of aliphatic hydroxyl groups excluding tert-OH is 3. The number of carboxylic acids is 1. The Morgan fingerprint density at radius 1 is 1.32 bits per heavy atom. The zero-order valence-corrected chi connectivity index (χ0v) is 17.0. The summed E-state index contributed by atoms with van der Waals surface area (Å²) in [5.74, 6) is -1.55. The number of thiophene rings is 1. The van der Waals surface area contributed by atoms with Gasteiger partial charge in [-0.1, -0.05) is 12.2 Å². The number of aliphatic hydroxyl groups is 3. The van der Waals surface area contributed by atoms with Crippen molar-refractivity contribution in [2.75, 3.05) is 0 Å². The van der Waals surface area contributed by atoms with Gasteiger partial charge in [-0.05, 0) is 63.5 Å². The monoisotopic (exact) mass is 414 g/mol. The third-order valence-electron chi connectivity index (χ3n) is 5.38. The molecule has 1 aliphatic carbocycles. The molecular formula is C21H31FO5S. The number of aryl methyl sites for hydroxylation is 1. The second-order valence-electron chi connectivity index (χ2n) is 7.76. The Labute approximate surface area is 169 Å². The van der Waals surface area contributed by atoms with Gasteiger partial charge >= 0.3 is 5.97 Å². The molecule has 0 saturated heterocycles. The van der Waals surface area contributed by atoms with Crippen LogP contribution in [0.5, 0.6) is 0 Å². The Morgan fingerprint density at radius 3 is 2.71 bits per heavy atom. The predicted molar refractivity (Wildman–Crippen MR) is 107 cm³/mol. The number of rotatable bonds is 11. The number of carboxylic acid groups (broad SMARTS) is 1. The van der Waals surface area contributed by atoms with Crippen molar-refractivity contribution < 1.29 is 29.6 Å². The fourth-order valence-electron chi connectivity index (χ4n) is 3.85. The highest BCUT2D eigenvalue weighted by molar-refractivity contribution is 7.13. The molecule has 1 heterocycles. The third kappa shape index (κ3) is 6.95. The molecule has 28 heavy (non-hydrogen) atoms. The molecule has 2 rings (SSSR count). The van der Waals surface area contributed by atoms with E-state index in [-0.39, 0.29) is 24.4 Å². The van der Waals surface area contributed by atoms with Crippen molar-refractivity contribution >= 4 is 17.3 Å². The fourth-order valence-corrected chi connectivity index (χ4v) is 4.74.